The summed E-state index contributed by atoms with van der Waals surface area (Å²) in [6.07, 6.45) is -3.84. The van der Waals surface area contributed by atoms with Crippen LogP contribution >= 0.6 is 0 Å². The van der Waals surface area contributed by atoms with Crippen LogP contribution in [0.25, 0.3) is 0 Å². The van der Waals surface area contributed by atoms with Crippen LogP contribution in [0, 0.1) is 0 Å². The molecule has 0 aliphatic rings. The monoisotopic (exact) mass is 154 g/mol. The Morgan fingerprint density at radius 3 is 2.40 bits per heavy atom. The molecule has 0 aromatic carbocycles. The van der Waals surface area contributed by atoms with Crippen LogP contribution < -0.4 is 0 Å². The number of carbonyl (C=O) groups excluding carboxylic acids is 1. The number of hydrogen-bond acceptors (Lipinski definition) is 2. The van der Waals surface area contributed by atoms with Crippen molar-refractivity contribution in [1.82, 2.24) is 0 Å². The van der Waals surface area contributed by atoms with E-state index in [4.69, 9.17) is 0 Å². The molecule has 0 aliphatic carbocycles. The van der Waals surface area contributed by atoms with E-state index in [2.05, 4.69) is 11.3 Å². The molecule has 10 heavy (non-hydrogen) atoms. The molecule has 0 bridgehead atoms. The number of alkyl halides is 3. The third kappa shape index (κ3) is 3.11. The second-order valence-electron chi connectivity index (χ2n) is 1.38. The van der Waals surface area contributed by atoms with Gasteiger partial charge in [-0.15, -0.1) is 0 Å². The van der Waals surface area contributed by atoms with Crippen molar-refractivity contribution in [3.8, 4) is 0 Å². The fraction of sp³-hybridized carbons (Fsp3) is 0.400. The Balaban J connectivity index is 3.74. The maximum Gasteiger partial charge on any atom is 0.490 e. The van der Waals surface area contributed by atoms with Crippen LogP contribution in [0.15, 0.2) is 12.7 Å². The van der Waals surface area contributed by atoms with Gasteiger partial charge in [0.15, 0.2) is 0 Å². The summed E-state index contributed by atoms with van der Waals surface area (Å²) in [6, 6.07) is 0. The van der Waals surface area contributed by atoms with Gasteiger partial charge in [0, 0.05) is 0 Å². The minimum atomic E-state index is -4.90. The van der Waals surface area contributed by atoms with Gasteiger partial charge in [-0.2, -0.15) is 13.2 Å². The molecule has 0 radical (unpaired) electrons. The lowest BCUT2D eigenvalue weighted by Gasteiger charge is -2.03. The number of halogens is 3. The van der Waals surface area contributed by atoms with Crippen LogP contribution in [0.4, 0.5) is 13.2 Å². The van der Waals surface area contributed by atoms with Gasteiger partial charge in [0.1, 0.15) is 6.61 Å². The van der Waals surface area contributed by atoms with Crippen LogP contribution in [0.5, 0.6) is 0 Å². The number of rotatable bonds is 2. The molecule has 5 heteroatoms. The van der Waals surface area contributed by atoms with Crippen molar-refractivity contribution in [3.05, 3.63) is 12.7 Å². The Kier molecular flexibility index (Phi) is 2.92. The average molecular weight is 154 g/mol. The molecule has 58 valence electrons. The summed E-state index contributed by atoms with van der Waals surface area (Å²) in [7, 11) is 0. The van der Waals surface area contributed by atoms with Crippen LogP contribution in [-0.4, -0.2) is 18.8 Å². The lowest BCUT2D eigenvalue weighted by atomic mass is 10.6. The minimum absolute atomic E-state index is 0.418. The van der Waals surface area contributed by atoms with E-state index in [9.17, 15) is 18.0 Å². The number of ether oxygens (including phenoxy) is 1. The maximum atomic E-state index is 11.3. The van der Waals surface area contributed by atoms with E-state index < -0.39 is 18.8 Å². The van der Waals surface area contributed by atoms with Crippen LogP contribution in [-0.2, 0) is 9.53 Å². The summed E-state index contributed by atoms with van der Waals surface area (Å²) in [6.45, 7) is 2.65. The van der Waals surface area contributed by atoms with Crippen LogP contribution in [0.2, 0.25) is 0 Å². The molecular formula is C5H5F3O2. The van der Waals surface area contributed by atoms with Gasteiger partial charge in [0.2, 0.25) is 0 Å². The molecule has 0 aliphatic heterocycles. The highest BCUT2D eigenvalue weighted by atomic mass is 19.4. The van der Waals surface area contributed by atoms with Crippen molar-refractivity contribution in [1.29, 1.82) is 0 Å². The predicted octanol–water partition coefficient (Wildman–Crippen LogP) is 1.28. The lowest BCUT2D eigenvalue weighted by Crippen LogP contribution is -2.25. The van der Waals surface area contributed by atoms with E-state index >= 15 is 0 Å². The van der Waals surface area contributed by atoms with E-state index in [0.717, 1.165) is 6.08 Å². The number of hydrogen-bond donors (Lipinski definition) is 0. The van der Waals surface area contributed by atoms with Crippen molar-refractivity contribution < 1.29 is 22.7 Å². The molecule has 0 fully saturated rings. The summed E-state index contributed by atoms with van der Waals surface area (Å²) < 4.78 is 37.5. The smallest absolute Gasteiger partial charge is 0.455 e. The first-order valence-corrected chi connectivity index (χ1v) is 2.33. The molecule has 0 aromatic rings. The number of carbonyl (C=O) groups is 1. The molecule has 0 atom stereocenters. The third-order valence-electron chi connectivity index (χ3n) is 0.564. The maximum absolute atomic E-state index is 11.3. The van der Waals surface area contributed by atoms with E-state index in [1.165, 1.54) is 0 Å². The normalized spacial score (nSPS) is 10.7. The van der Waals surface area contributed by atoms with E-state index in [-0.39, 0.29) is 0 Å². The minimum Gasteiger partial charge on any atom is -0.455 e. The fourth-order valence-corrected chi connectivity index (χ4v) is 0.216. The first-order valence-electron chi connectivity index (χ1n) is 2.33. The van der Waals surface area contributed by atoms with Crippen LogP contribution in [0.3, 0.4) is 0 Å². The molecule has 2 nitrogen and oxygen atoms in total. The van der Waals surface area contributed by atoms with Gasteiger partial charge in [-0.25, -0.2) is 4.79 Å². The molecule has 0 amide bonds. The number of esters is 1. The van der Waals surface area contributed by atoms with Gasteiger partial charge in [0.05, 0.1) is 0 Å². The van der Waals surface area contributed by atoms with E-state index in [0.29, 0.717) is 0 Å². The fourth-order valence-electron chi connectivity index (χ4n) is 0.216. The summed E-state index contributed by atoms with van der Waals surface area (Å²) in [4.78, 5) is 9.83. The highest BCUT2D eigenvalue weighted by Crippen LogP contribution is 2.15. The summed E-state index contributed by atoms with van der Waals surface area (Å²) in [5, 5.41) is 0. The Morgan fingerprint density at radius 1 is 1.60 bits per heavy atom. The molecular weight excluding hydrogens is 149 g/mol. The zero-order valence-corrected chi connectivity index (χ0v) is 4.94. The van der Waals surface area contributed by atoms with Crippen molar-refractivity contribution in [2.75, 3.05) is 6.61 Å². The van der Waals surface area contributed by atoms with Crippen LogP contribution in [0.1, 0.15) is 0 Å². The van der Waals surface area contributed by atoms with Gasteiger partial charge in [-0.1, -0.05) is 12.7 Å². The van der Waals surface area contributed by atoms with Crippen molar-refractivity contribution >= 4 is 5.97 Å². The second-order valence-corrected chi connectivity index (χ2v) is 1.38. The lowest BCUT2D eigenvalue weighted by molar-refractivity contribution is -0.198. The predicted molar refractivity (Wildman–Crippen MR) is 27.2 cm³/mol. The quantitative estimate of drug-likeness (QED) is 0.442. The molecule has 0 unspecified atom stereocenters. The molecule has 0 saturated heterocycles. The van der Waals surface area contributed by atoms with Crippen molar-refractivity contribution in [2.24, 2.45) is 0 Å². The Morgan fingerprint density at radius 2 is 2.10 bits per heavy atom. The zero-order chi connectivity index (χ0) is 8.20. The highest BCUT2D eigenvalue weighted by molar-refractivity contribution is 5.75. The molecule has 0 aromatic heterocycles. The SMILES string of the molecule is C=CCOC(=O)C(F)(F)F. The Labute approximate surface area is 55.3 Å². The van der Waals surface area contributed by atoms with Crippen molar-refractivity contribution in [3.63, 3.8) is 0 Å². The van der Waals surface area contributed by atoms with Gasteiger partial charge in [-0.05, 0) is 0 Å². The Hall–Kier alpha value is -1.00. The molecule has 0 spiro atoms. The molecule has 0 N–H and O–H groups in total. The molecule has 0 saturated carbocycles. The highest BCUT2D eigenvalue weighted by Gasteiger charge is 2.40. The second kappa shape index (κ2) is 3.24. The first kappa shape index (κ1) is 9.00. The average Bonchev–Trinajstić information content (AvgIpc) is 1.80. The van der Waals surface area contributed by atoms with Gasteiger partial charge in [-0.3, -0.25) is 0 Å². The standard InChI is InChI=1S/C5H5F3O2/c1-2-3-10-4(9)5(6,7)8/h2H,1,3H2. The van der Waals surface area contributed by atoms with E-state index in [1.807, 2.05) is 0 Å². The summed E-state index contributed by atoms with van der Waals surface area (Å²) in [5.74, 6) is -2.19. The summed E-state index contributed by atoms with van der Waals surface area (Å²) >= 11 is 0. The topological polar surface area (TPSA) is 26.3 Å². The zero-order valence-electron chi connectivity index (χ0n) is 4.94. The summed E-state index contributed by atoms with van der Waals surface area (Å²) in [5.41, 5.74) is 0. The third-order valence-corrected chi connectivity index (χ3v) is 0.564. The molecule has 0 heterocycles. The molecule has 0 rings (SSSR count). The van der Waals surface area contributed by atoms with Gasteiger partial charge < -0.3 is 4.74 Å². The largest absolute Gasteiger partial charge is 0.490 e. The van der Waals surface area contributed by atoms with Crippen molar-refractivity contribution in [2.45, 2.75) is 6.18 Å². The van der Waals surface area contributed by atoms with Gasteiger partial charge >= 0.3 is 12.1 Å². The van der Waals surface area contributed by atoms with E-state index in [1.54, 1.807) is 0 Å². The first-order chi connectivity index (χ1) is 4.48. The Bertz CT molecular complexity index is 138. The van der Waals surface area contributed by atoms with Gasteiger partial charge in [0.25, 0.3) is 0 Å².